The lowest BCUT2D eigenvalue weighted by molar-refractivity contribution is -0.404. The number of fused-ring (bicyclic) bond motifs is 5. The van der Waals surface area contributed by atoms with Crippen LogP contribution < -0.4 is 0 Å². The zero-order valence-electron chi connectivity index (χ0n) is 23.7. The largest absolute Gasteiger partial charge is 0.481 e. The SMILES string of the molecule is CC(=O)O[C@@H]1CC[C@]2(C)C3CC(OOC(C)(C)C)[C@]4(C)[C@@H]([C@H](C)CCC(=O)O)CC[C@H]4[C@@H]3CC[C@@H]2C1. The Balaban J connectivity index is 1.60. The van der Waals surface area contributed by atoms with Gasteiger partial charge in [0.2, 0.25) is 0 Å². The molecule has 4 saturated carbocycles. The topological polar surface area (TPSA) is 82.1 Å². The lowest BCUT2D eigenvalue weighted by Gasteiger charge is -2.62. The molecular formula is C30H50O6. The van der Waals surface area contributed by atoms with Gasteiger partial charge in [-0.05, 0) is 119 Å². The molecule has 0 aromatic heterocycles. The van der Waals surface area contributed by atoms with Crippen LogP contribution in [0, 0.1) is 46.3 Å². The van der Waals surface area contributed by atoms with Crippen LogP contribution >= 0.6 is 0 Å². The maximum absolute atomic E-state index is 11.6. The summed E-state index contributed by atoms with van der Waals surface area (Å²) >= 11 is 0. The van der Waals surface area contributed by atoms with Gasteiger partial charge >= 0.3 is 11.9 Å². The molecule has 0 saturated heterocycles. The molecule has 2 unspecified atom stereocenters. The fourth-order valence-corrected chi connectivity index (χ4v) is 9.36. The van der Waals surface area contributed by atoms with Gasteiger partial charge in [-0.15, -0.1) is 0 Å². The van der Waals surface area contributed by atoms with Gasteiger partial charge in [-0.25, -0.2) is 9.78 Å². The minimum Gasteiger partial charge on any atom is -0.481 e. The molecule has 4 fully saturated rings. The van der Waals surface area contributed by atoms with Gasteiger partial charge in [0.1, 0.15) is 6.10 Å². The van der Waals surface area contributed by atoms with Crippen LogP contribution in [0.15, 0.2) is 0 Å². The van der Waals surface area contributed by atoms with Crippen LogP contribution in [0.1, 0.15) is 113 Å². The number of carboxylic acid groups (broad SMARTS) is 1. The highest BCUT2D eigenvalue weighted by molar-refractivity contribution is 5.66. The predicted molar refractivity (Wildman–Crippen MR) is 138 cm³/mol. The molecule has 0 aromatic rings. The highest BCUT2D eigenvalue weighted by atomic mass is 17.2. The van der Waals surface area contributed by atoms with Crippen molar-refractivity contribution in [2.24, 2.45) is 46.3 Å². The van der Waals surface area contributed by atoms with Gasteiger partial charge in [0.15, 0.2) is 0 Å². The lowest BCUT2D eigenvalue weighted by atomic mass is 9.43. The van der Waals surface area contributed by atoms with Crippen molar-refractivity contribution >= 4 is 11.9 Å². The van der Waals surface area contributed by atoms with Crippen molar-refractivity contribution in [1.82, 2.24) is 0 Å². The van der Waals surface area contributed by atoms with Crippen molar-refractivity contribution in [2.45, 2.75) is 130 Å². The highest BCUT2D eigenvalue weighted by Gasteiger charge is 2.65. The molecule has 0 radical (unpaired) electrons. The Morgan fingerprint density at radius 3 is 2.39 bits per heavy atom. The van der Waals surface area contributed by atoms with Crippen molar-refractivity contribution in [3.05, 3.63) is 0 Å². The van der Waals surface area contributed by atoms with Gasteiger partial charge in [-0.2, -0.15) is 0 Å². The Bertz CT molecular complexity index is 819. The van der Waals surface area contributed by atoms with E-state index in [1.54, 1.807) is 0 Å². The van der Waals surface area contributed by atoms with Crippen molar-refractivity contribution in [2.75, 3.05) is 0 Å². The minimum absolute atomic E-state index is 0.00419. The van der Waals surface area contributed by atoms with Gasteiger partial charge in [0.05, 0.1) is 11.7 Å². The quantitative estimate of drug-likeness (QED) is 0.232. The molecule has 36 heavy (non-hydrogen) atoms. The highest BCUT2D eigenvalue weighted by Crippen LogP contribution is 2.69. The number of ether oxygens (including phenoxy) is 1. The summed E-state index contributed by atoms with van der Waals surface area (Å²) in [4.78, 5) is 35.4. The molecule has 0 heterocycles. The van der Waals surface area contributed by atoms with Crippen molar-refractivity contribution in [3.63, 3.8) is 0 Å². The first kappa shape index (κ1) is 27.9. The van der Waals surface area contributed by atoms with Crippen LogP contribution in [0.5, 0.6) is 0 Å². The third kappa shape index (κ3) is 5.23. The van der Waals surface area contributed by atoms with Crippen molar-refractivity contribution < 1.29 is 29.2 Å². The van der Waals surface area contributed by atoms with E-state index in [1.807, 2.05) is 20.8 Å². The predicted octanol–water partition coefficient (Wildman–Crippen LogP) is 6.80. The molecule has 4 aliphatic rings. The van der Waals surface area contributed by atoms with Gasteiger partial charge in [-0.3, -0.25) is 9.59 Å². The summed E-state index contributed by atoms with van der Waals surface area (Å²) in [6, 6.07) is 0. The van der Waals surface area contributed by atoms with Crippen LogP contribution in [0.2, 0.25) is 0 Å². The average Bonchev–Trinajstić information content (AvgIpc) is 3.13. The van der Waals surface area contributed by atoms with E-state index in [2.05, 4.69) is 20.8 Å². The summed E-state index contributed by atoms with van der Waals surface area (Å²) in [7, 11) is 0. The summed E-state index contributed by atoms with van der Waals surface area (Å²) in [6.45, 7) is 14.8. The number of aliphatic carboxylic acids is 1. The Morgan fingerprint density at radius 1 is 1.03 bits per heavy atom. The molecule has 4 rings (SSSR count). The van der Waals surface area contributed by atoms with Crippen molar-refractivity contribution in [1.29, 1.82) is 0 Å². The first-order chi connectivity index (χ1) is 16.8. The van der Waals surface area contributed by atoms with Gasteiger partial charge in [0, 0.05) is 18.8 Å². The molecule has 1 N–H and O–H groups in total. The number of carbonyl (C=O) groups is 2. The molecule has 6 nitrogen and oxygen atoms in total. The molecular weight excluding hydrogens is 456 g/mol. The second-order valence-electron chi connectivity index (χ2n) is 14.1. The van der Waals surface area contributed by atoms with Crippen LogP contribution in [-0.2, 0) is 24.1 Å². The van der Waals surface area contributed by atoms with Crippen LogP contribution in [-0.4, -0.2) is 34.9 Å². The normalized spacial score (nSPS) is 43.1. The molecule has 0 bridgehead atoms. The van der Waals surface area contributed by atoms with Crippen LogP contribution in [0.25, 0.3) is 0 Å². The Kier molecular flexibility index (Phi) is 7.90. The first-order valence-electron chi connectivity index (χ1n) is 14.5. The zero-order chi connectivity index (χ0) is 26.5. The number of rotatable bonds is 7. The first-order valence-corrected chi connectivity index (χ1v) is 14.5. The van der Waals surface area contributed by atoms with Gasteiger partial charge < -0.3 is 9.84 Å². The van der Waals surface area contributed by atoms with Gasteiger partial charge in [-0.1, -0.05) is 20.8 Å². The molecule has 206 valence electrons. The average molecular weight is 507 g/mol. The second-order valence-corrected chi connectivity index (χ2v) is 14.1. The summed E-state index contributed by atoms with van der Waals surface area (Å²) in [5, 5.41) is 9.31. The third-order valence-electron chi connectivity index (χ3n) is 11.0. The maximum atomic E-state index is 11.6. The van der Waals surface area contributed by atoms with E-state index in [1.165, 1.54) is 26.2 Å². The summed E-state index contributed by atoms with van der Waals surface area (Å²) in [6.07, 6.45) is 9.87. The molecule has 6 heteroatoms. The van der Waals surface area contributed by atoms with Gasteiger partial charge in [0.25, 0.3) is 0 Å². The van der Waals surface area contributed by atoms with E-state index in [0.717, 1.165) is 38.5 Å². The number of hydrogen-bond acceptors (Lipinski definition) is 5. The standard InChI is InChI=1S/C30H50O6/c1-18(8-13-27(32)33)23-11-12-24-22-10-9-20-16-21(34-19(2)31)14-15-29(20,6)25(22)17-26(30(23,24)7)35-36-28(3,4)5/h18,20-26H,8-17H2,1-7H3,(H,32,33)/t18-,20-,21-,22+,23-,24+,25?,26?,29+,30-/m1/s1. The molecule has 0 aromatic carbocycles. The van der Waals surface area contributed by atoms with E-state index in [-0.39, 0.29) is 41.0 Å². The fourth-order valence-electron chi connectivity index (χ4n) is 9.36. The zero-order valence-corrected chi connectivity index (χ0v) is 23.7. The summed E-state index contributed by atoms with van der Waals surface area (Å²) < 4.78 is 5.66. The van der Waals surface area contributed by atoms with E-state index < -0.39 is 5.97 Å². The fraction of sp³-hybridized carbons (Fsp3) is 0.933. The third-order valence-corrected chi connectivity index (χ3v) is 11.0. The van der Waals surface area contributed by atoms with E-state index in [9.17, 15) is 14.7 Å². The van der Waals surface area contributed by atoms with Crippen LogP contribution in [0.3, 0.4) is 0 Å². The Morgan fingerprint density at radius 2 is 1.75 bits per heavy atom. The second kappa shape index (κ2) is 10.2. The number of carbonyl (C=O) groups excluding carboxylic acids is 1. The van der Waals surface area contributed by atoms with Crippen molar-refractivity contribution in [3.8, 4) is 0 Å². The Hall–Kier alpha value is -1.14. The minimum atomic E-state index is -0.704. The Labute approximate surface area is 218 Å². The lowest BCUT2D eigenvalue weighted by Crippen LogP contribution is -2.59. The molecule has 0 amide bonds. The number of carboxylic acids is 1. The summed E-state index contributed by atoms with van der Waals surface area (Å²) in [5.41, 5.74) is -0.160. The number of hydrogen-bond donors (Lipinski definition) is 1. The maximum Gasteiger partial charge on any atom is 0.303 e. The van der Waals surface area contributed by atoms with E-state index in [0.29, 0.717) is 35.5 Å². The van der Waals surface area contributed by atoms with E-state index >= 15 is 0 Å². The number of esters is 1. The smallest absolute Gasteiger partial charge is 0.303 e. The molecule has 0 aliphatic heterocycles. The van der Waals surface area contributed by atoms with Crippen LogP contribution in [0.4, 0.5) is 0 Å². The molecule has 4 aliphatic carbocycles. The summed E-state index contributed by atoms with van der Waals surface area (Å²) in [5.74, 6) is 2.34. The molecule has 0 spiro atoms. The monoisotopic (exact) mass is 506 g/mol. The van der Waals surface area contributed by atoms with E-state index in [4.69, 9.17) is 14.5 Å². The molecule has 10 atom stereocenters.